The van der Waals surface area contributed by atoms with Crippen LogP contribution in [0.15, 0.2) is 0 Å². The maximum absolute atomic E-state index is 10.8. The van der Waals surface area contributed by atoms with Gasteiger partial charge in [0.2, 0.25) is 0 Å². The number of esters is 1. The second kappa shape index (κ2) is 4.80. The Labute approximate surface area is 60.6 Å². The van der Waals surface area contributed by atoms with E-state index in [0.717, 1.165) is 0 Å². The Kier molecular flexibility index (Phi) is 4.30. The summed E-state index contributed by atoms with van der Waals surface area (Å²) in [5, 5.41) is 8.20. The highest BCUT2D eigenvalue weighted by Crippen LogP contribution is 2.02. The summed E-state index contributed by atoms with van der Waals surface area (Å²) in [5.74, 6) is -0.575. The molecule has 0 aliphatic rings. The molecule has 0 N–H and O–H groups in total. The van der Waals surface area contributed by atoms with Crippen LogP contribution in [-0.2, 0) is 9.53 Å². The Hall–Kier alpha value is -1.04. The van der Waals surface area contributed by atoms with Gasteiger partial charge in [-0.15, -0.1) is 0 Å². The van der Waals surface area contributed by atoms with Crippen LogP contribution in [0.2, 0.25) is 0 Å². The maximum Gasteiger partial charge on any atom is 0.309 e. The molecule has 3 nitrogen and oxygen atoms in total. The molecule has 0 unspecified atom stereocenters. The second-order valence-corrected chi connectivity index (χ2v) is 2.02. The van der Waals surface area contributed by atoms with Crippen LogP contribution in [0.4, 0.5) is 0 Å². The van der Waals surface area contributed by atoms with Gasteiger partial charge < -0.3 is 4.74 Å². The number of rotatable bonds is 3. The van der Waals surface area contributed by atoms with Gasteiger partial charge in [0.25, 0.3) is 0 Å². The van der Waals surface area contributed by atoms with Crippen molar-refractivity contribution in [1.82, 2.24) is 0 Å². The third-order valence-electron chi connectivity index (χ3n) is 1.09. The molecular formula is C7H11NO2. The predicted octanol–water partition coefficient (Wildman–Crippen LogP) is 1.10. The lowest BCUT2D eigenvalue weighted by atomic mass is 10.1. The van der Waals surface area contributed by atoms with Crippen molar-refractivity contribution < 1.29 is 9.53 Å². The van der Waals surface area contributed by atoms with Crippen LogP contribution >= 0.6 is 0 Å². The molecule has 1 atom stereocenters. The number of ether oxygens (including phenoxy) is 1. The molecule has 10 heavy (non-hydrogen) atoms. The third kappa shape index (κ3) is 3.08. The predicted molar refractivity (Wildman–Crippen MR) is 36.0 cm³/mol. The zero-order valence-electron chi connectivity index (χ0n) is 6.26. The molecule has 0 aliphatic carbocycles. The Balaban J connectivity index is 3.62. The molecule has 0 saturated carbocycles. The number of carbonyl (C=O) groups is 1. The second-order valence-electron chi connectivity index (χ2n) is 2.02. The van der Waals surface area contributed by atoms with Gasteiger partial charge in [0, 0.05) is 6.42 Å². The van der Waals surface area contributed by atoms with Gasteiger partial charge >= 0.3 is 5.97 Å². The normalized spacial score (nSPS) is 11.7. The summed E-state index contributed by atoms with van der Waals surface area (Å²) in [6.45, 7) is 3.81. The van der Waals surface area contributed by atoms with Gasteiger partial charge in [-0.3, -0.25) is 4.79 Å². The molecule has 0 aromatic carbocycles. The molecule has 0 aromatic heterocycles. The van der Waals surface area contributed by atoms with E-state index in [9.17, 15) is 4.79 Å². The fraction of sp³-hybridized carbons (Fsp3) is 0.714. The minimum Gasteiger partial charge on any atom is -0.466 e. The maximum atomic E-state index is 10.8. The van der Waals surface area contributed by atoms with Crippen molar-refractivity contribution >= 4 is 5.97 Å². The molecule has 0 fully saturated rings. The summed E-state index contributed by atoms with van der Waals surface area (Å²) in [4.78, 5) is 10.8. The van der Waals surface area contributed by atoms with E-state index in [2.05, 4.69) is 4.74 Å². The smallest absolute Gasteiger partial charge is 0.309 e. The van der Waals surface area contributed by atoms with E-state index in [1.165, 1.54) is 0 Å². The van der Waals surface area contributed by atoms with Crippen LogP contribution in [0, 0.1) is 17.2 Å². The van der Waals surface area contributed by atoms with Crippen LogP contribution in [0.1, 0.15) is 20.3 Å². The highest BCUT2D eigenvalue weighted by molar-refractivity contribution is 5.72. The van der Waals surface area contributed by atoms with Crippen molar-refractivity contribution in [2.75, 3.05) is 6.61 Å². The van der Waals surface area contributed by atoms with Gasteiger partial charge in [0.05, 0.1) is 18.6 Å². The number of nitriles is 1. The molecule has 0 heterocycles. The molecule has 0 saturated heterocycles. The topological polar surface area (TPSA) is 50.1 Å². The van der Waals surface area contributed by atoms with E-state index in [1.54, 1.807) is 13.8 Å². The van der Waals surface area contributed by atoms with Gasteiger partial charge in [0.15, 0.2) is 0 Å². The zero-order valence-corrected chi connectivity index (χ0v) is 6.26. The minimum absolute atomic E-state index is 0.235. The molecule has 0 rings (SSSR count). The van der Waals surface area contributed by atoms with Gasteiger partial charge in [0.1, 0.15) is 0 Å². The fourth-order valence-corrected chi connectivity index (χ4v) is 0.505. The Bertz CT molecular complexity index is 148. The third-order valence-corrected chi connectivity index (χ3v) is 1.09. The molecule has 56 valence electrons. The van der Waals surface area contributed by atoms with E-state index >= 15 is 0 Å². The van der Waals surface area contributed by atoms with Crippen molar-refractivity contribution in [2.45, 2.75) is 20.3 Å². The van der Waals surface area contributed by atoms with E-state index in [0.29, 0.717) is 6.61 Å². The average molecular weight is 141 g/mol. The standard InChI is InChI=1S/C7H11NO2/c1-3-10-7(9)6(2)4-5-8/h6H,3-4H2,1-2H3/t6-/m0/s1. The van der Waals surface area contributed by atoms with Crippen molar-refractivity contribution in [2.24, 2.45) is 5.92 Å². The van der Waals surface area contributed by atoms with Crippen LogP contribution < -0.4 is 0 Å². The molecule has 0 aromatic rings. The van der Waals surface area contributed by atoms with Crippen molar-refractivity contribution in [3.8, 4) is 6.07 Å². The van der Waals surface area contributed by atoms with Crippen molar-refractivity contribution in [3.05, 3.63) is 0 Å². The first kappa shape index (κ1) is 8.96. The van der Waals surface area contributed by atoms with Gasteiger partial charge in [-0.2, -0.15) is 5.26 Å². The SMILES string of the molecule is CCOC(=O)[C@@H](C)CC#N. The van der Waals surface area contributed by atoms with Crippen molar-refractivity contribution in [1.29, 1.82) is 5.26 Å². The molecule has 0 bridgehead atoms. The summed E-state index contributed by atoms with van der Waals surface area (Å²) in [6, 6.07) is 1.91. The number of hydrogen-bond acceptors (Lipinski definition) is 3. The molecular weight excluding hydrogens is 130 g/mol. The van der Waals surface area contributed by atoms with E-state index in [-0.39, 0.29) is 18.3 Å². The van der Waals surface area contributed by atoms with Crippen LogP contribution in [0.3, 0.4) is 0 Å². The summed E-state index contributed by atoms with van der Waals surface area (Å²) >= 11 is 0. The Morgan fingerprint density at radius 1 is 1.80 bits per heavy atom. The first-order valence-corrected chi connectivity index (χ1v) is 3.26. The lowest BCUT2D eigenvalue weighted by Crippen LogP contribution is -2.13. The summed E-state index contributed by atoms with van der Waals surface area (Å²) in [5.41, 5.74) is 0. The summed E-state index contributed by atoms with van der Waals surface area (Å²) in [6.07, 6.45) is 0.235. The lowest BCUT2D eigenvalue weighted by Gasteiger charge is -2.04. The number of hydrogen-bond donors (Lipinski definition) is 0. The lowest BCUT2D eigenvalue weighted by molar-refractivity contribution is -0.147. The van der Waals surface area contributed by atoms with Gasteiger partial charge in [-0.25, -0.2) is 0 Å². The van der Waals surface area contributed by atoms with Crippen LogP contribution in [0.25, 0.3) is 0 Å². The summed E-state index contributed by atoms with van der Waals surface area (Å²) < 4.78 is 4.67. The van der Waals surface area contributed by atoms with Gasteiger partial charge in [-0.1, -0.05) is 6.92 Å². The minimum atomic E-state index is -0.288. The monoisotopic (exact) mass is 141 g/mol. The highest BCUT2D eigenvalue weighted by Gasteiger charge is 2.12. The number of carbonyl (C=O) groups excluding carboxylic acids is 1. The van der Waals surface area contributed by atoms with E-state index < -0.39 is 0 Å². The Morgan fingerprint density at radius 3 is 2.80 bits per heavy atom. The molecule has 0 amide bonds. The quantitative estimate of drug-likeness (QED) is 0.553. The largest absolute Gasteiger partial charge is 0.466 e. The first-order valence-electron chi connectivity index (χ1n) is 3.26. The first-order chi connectivity index (χ1) is 4.72. The molecule has 3 heteroatoms. The zero-order chi connectivity index (χ0) is 7.98. The van der Waals surface area contributed by atoms with E-state index in [4.69, 9.17) is 5.26 Å². The average Bonchev–Trinajstić information content (AvgIpc) is 1.89. The fourth-order valence-electron chi connectivity index (χ4n) is 0.505. The molecule has 0 aliphatic heterocycles. The van der Waals surface area contributed by atoms with Crippen molar-refractivity contribution in [3.63, 3.8) is 0 Å². The Morgan fingerprint density at radius 2 is 2.40 bits per heavy atom. The number of nitrogens with zero attached hydrogens (tertiary/aromatic N) is 1. The summed E-state index contributed by atoms with van der Waals surface area (Å²) in [7, 11) is 0. The van der Waals surface area contributed by atoms with E-state index in [1.807, 2.05) is 6.07 Å². The molecule has 0 radical (unpaired) electrons. The van der Waals surface area contributed by atoms with Gasteiger partial charge in [-0.05, 0) is 6.92 Å². The van der Waals surface area contributed by atoms with Crippen LogP contribution in [0.5, 0.6) is 0 Å². The van der Waals surface area contributed by atoms with Crippen LogP contribution in [-0.4, -0.2) is 12.6 Å². The highest BCUT2D eigenvalue weighted by atomic mass is 16.5. The molecule has 0 spiro atoms.